The fraction of sp³-hybridized carbons (Fsp3) is 0.235. The number of nitrogens with two attached hydrogens (primary N) is 1. The van der Waals surface area contributed by atoms with Gasteiger partial charge in [0.05, 0.1) is 11.0 Å². The molecule has 0 unspecified atom stereocenters. The van der Waals surface area contributed by atoms with E-state index in [-0.39, 0.29) is 37.7 Å². The molecule has 0 atom stereocenters. The number of ether oxygens (including phenoxy) is 3. The van der Waals surface area contributed by atoms with Crippen molar-refractivity contribution in [2.75, 3.05) is 0 Å². The molecule has 6 rings (SSSR count). The maximum atomic E-state index is 12.1. The molecule has 1 amide bonds. The molecule has 3 N–H and O–H groups in total. The van der Waals surface area contributed by atoms with E-state index < -0.39 is 23.4 Å². The largest absolute Gasteiger partial charge is 0.486 e. The summed E-state index contributed by atoms with van der Waals surface area (Å²) in [6.07, 6.45) is 6.50. The number of carbonyl (C=O) groups is 3. The summed E-state index contributed by atoms with van der Waals surface area (Å²) >= 11 is 0. The molecule has 0 saturated heterocycles. The summed E-state index contributed by atoms with van der Waals surface area (Å²) in [6, 6.07) is 15.6. The Morgan fingerprint density at radius 1 is 0.804 bits per heavy atom. The topological polar surface area (TPSA) is 236 Å². The van der Waals surface area contributed by atoms with E-state index >= 15 is 0 Å². The van der Waals surface area contributed by atoms with Crippen LogP contribution < -0.4 is 15.2 Å². The number of esters is 1. The number of carboxylic acids is 1. The molecule has 0 bridgehead atoms. The number of fused-ring (bicyclic) bond motifs is 2. The maximum Gasteiger partial charge on any atom is 0.328 e. The molecule has 0 fully saturated rings. The van der Waals surface area contributed by atoms with E-state index in [0.29, 0.717) is 45.0 Å². The molecule has 0 aliphatic rings. The standard InChI is InChI=1S/C19H19N5O3.C15H13N5O4/c1-19(2,3)27-18(25)11-24-16-6-5-13(9-14(16)15(10-20)23-24)26-12-17-21-7-4-8-22-17;16-15(23)14-10-6-9(24-8-12-17-4-1-5-18-12)2-3-11(10)20(19-14)7-13(21)22/h4-9H,11-12H2,1-3H3;1-6H,7-8H2,(H2,16,23)(H,21,22). The number of aromatic nitrogens is 8. The van der Waals surface area contributed by atoms with Gasteiger partial charge in [0.15, 0.2) is 23.0 Å². The Labute approximate surface area is 290 Å². The van der Waals surface area contributed by atoms with E-state index in [4.69, 9.17) is 25.1 Å². The minimum Gasteiger partial charge on any atom is -0.486 e. The lowest BCUT2D eigenvalue weighted by molar-refractivity contribution is -0.155. The number of hydrogen-bond donors (Lipinski definition) is 2. The molecule has 17 nitrogen and oxygen atoms in total. The fourth-order valence-corrected chi connectivity index (χ4v) is 4.73. The highest BCUT2D eigenvalue weighted by atomic mass is 16.6. The number of carboxylic acid groups (broad SMARTS) is 1. The van der Waals surface area contributed by atoms with Gasteiger partial charge in [-0.3, -0.25) is 23.7 Å². The number of aliphatic carboxylic acids is 1. The van der Waals surface area contributed by atoms with E-state index in [1.165, 1.54) is 9.36 Å². The zero-order chi connectivity index (χ0) is 36.5. The lowest BCUT2D eigenvalue weighted by Crippen LogP contribution is -2.26. The molecule has 0 spiro atoms. The van der Waals surface area contributed by atoms with Crippen molar-refractivity contribution in [1.82, 2.24) is 39.5 Å². The number of amides is 1. The highest BCUT2D eigenvalue weighted by molar-refractivity contribution is 6.04. The van der Waals surface area contributed by atoms with Crippen LogP contribution in [0.1, 0.15) is 48.6 Å². The zero-order valence-electron chi connectivity index (χ0n) is 27.8. The Bertz CT molecular complexity index is 2220. The van der Waals surface area contributed by atoms with Crippen LogP contribution in [0.2, 0.25) is 0 Å². The van der Waals surface area contributed by atoms with Gasteiger partial charge in [0.25, 0.3) is 5.91 Å². The van der Waals surface area contributed by atoms with E-state index in [0.717, 1.165) is 0 Å². The van der Waals surface area contributed by atoms with E-state index in [2.05, 4.69) is 30.1 Å². The smallest absolute Gasteiger partial charge is 0.328 e. The van der Waals surface area contributed by atoms with Gasteiger partial charge in [0, 0.05) is 35.6 Å². The number of primary amides is 1. The molecule has 0 radical (unpaired) electrons. The van der Waals surface area contributed by atoms with Gasteiger partial charge < -0.3 is 25.1 Å². The third-order valence-electron chi connectivity index (χ3n) is 6.74. The Balaban J connectivity index is 0.000000199. The zero-order valence-corrected chi connectivity index (χ0v) is 27.8. The predicted molar refractivity (Wildman–Crippen MR) is 179 cm³/mol. The van der Waals surface area contributed by atoms with Crippen LogP contribution in [-0.2, 0) is 40.6 Å². The first-order chi connectivity index (χ1) is 24.4. The summed E-state index contributed by atoms with van der Waals surface area (Å²) in [5.41, 5.74) is 6.08. The molecular formula is C34H32N10O7. The Morgan fingerprint density at radius 2 is 1.31 bits per heavy atom. The molecule has 6 aromatic rings. The van der Waals surface area contributed by atoms with Crippen LogP contribution in [0.15, 0.2) is 73.3 Å². The molecule has 260 valence electrons. The average molecular weight is 693 g/mol. The highest BCUT2D eigenvalue weighted by Crippen LogP contribution is 2.26. The molecule has 0 aliphatic carbocycles. The van der Waals surface area contributed by atoms with Crippen molar-refractivity contribution in [3.8, 4) is 17.6 Å². The van der Waals surface area contributed by atoms with Crippen LogP contribution >= 0.6 is 0 Å². The second-order valence-corrected chi connectivity index (χ2v) is 11.7. The number of nitriles is 1. The summed E-state index contributed by atoms with van der Waals surface area (Å²) in [6.45, 7) is 5.31. The van der Waals surface area contributed by atoms with Crippen molar-refractivity contribution < 1.29 is 33.7 Å². The molecule has 0 saturated carbocycles. The highest BCUT2D eigenvalue weighted by Gasteiger charge is 2.20. The monoisotopic (exact) mass is 692 g/mol. The minimum atomic E-state index is -1.07. The van der Waals surface area contributed by atoms with E-state index in [1.807, 2.05) is 6.07 Å². The van der Waals surface area contributed by atoms with Crippen LogP contribution in [0, 0.1) is 11.3 Å². The average Bonchev–Trinajstić information content (AvgIpc) is 3.63. The summed E-state index contributed by atoms with van der Waals surface area (Å²) in [5.74, 6) is -0.147. The third-order valence-corrected chi connectivity index (χ3v) is 6.74. The molecule has 4 aromatic heterocycles. The molecule has 17 heteroatoms. The quantitative estimate of drug-likeness (QED) is 0.186. The Kier molecular flexibility index (Phi) is 10.7. The van der Waals surface area contributed by atoms with Gasteiger partial charge in [-0.2, -0.15) is 15.5 Å². The van der Waals surface area contributed by atoms with Gasteiger partial charge in [0.1, 0.15) is 49.5 Å². The van der Waals surface area contributed by atoms with Crippen molar-refractivity contribution in [3.63, 3.8) is 0 Å². The van der Waals surface area contributed by atoms with Crippen molar-refractivity contribution in [2.45, 2.75) is 52.7 Å². The van der Waals surface area contributed by atoms with Gasteiger partial charge in [-0.1, -0.05) is 0 Å². The first-order valence-corrected chi connectivity index (χ1v) is 15.3. The number of hydrogen-bond acceptors (Lipinski definition) is 13. The maximum absolute atomic E-state index is 12.1. The van der Waals surface area contributed by atoms with Crippen LogP contribution in [0.3, 0.4) is 0 Å². The number of rotatable bonds is 11. The number of benzene rings is 2. The summed E-state index contributed by atoms with van der Waals surface area (Å²) in [7, 11) is 0. The SMILES string of the molecule is CC(C)(C)OC(=O)Cn1nc(C#N)c2cc(OCc3ncccn3)ccc21.NC(=O)c1nn(CC(=O)O)c2ccc(OCc3ncccn3)cc12. The van der Waals surface area contributed by atoms with Crippen molar-refractivity contribution >= 4 is 39.7 Å². The van der Waals surface area contributed by atoms with Crippen LogP contribution in [0.5, 0.6) is 11.5 Å². The summed E-state index contributed by atoms with van der Waals surface area (Å²) in [4.78, 5) is 50.8. The second-order valence-electron chi connectivity index (χ2n) is 11.7. The Morgan fingerprint density at radius 3 is 1.80 bits per heavy atom. The molecule has 4 heterocycles. The fourth-order valence-electron chi connectivity index (χ4n) is 4.73. The minimum absolute atomic E-state index is 0.00680. The van der Waals surface area contributed by atoms with Gasteiger partial charge in [-0.25, -0.2) is 19.9 Å². The van der Waals surface area contributed by atoms with Crippen LogP contribution in [0.25, 0.3) is 21.8 Å². The second kappa shape index (κ2) is 15.5. The molecule has 2 aromatic carbocycles. The molecule has 0 aliphatic heterocycles. The van der Waals surface area contributed by atoms with E-state index in [9.17, 15) is 19.6 Å². The summed E-state index contributed by atoms with van der Waals surface area (Å²) in [5, 5.41) is 27.5. The predicted octanol–water partition coefficient (Wildman–Crippen LogP) is 3.21. The van der Waals surface area contributed by atoms with Gasteiger partial charge in [-0.15, -0.1) is 0 Å². The molecule has 51 heavy (non-hydrogen) atoms. The first kappa shape index (κ1) is 35.3. The van der Waals surface area contributed by atoms with Crippen molar-refractivity contribution in [1.29, 1.82) is 5.26 Å². The molecular weight excluding hydrogens is 660 g/mol. The van der Waals surface area contributed by atoms with Crippen LogP contribution in [0.4, 0.5) is 0 Å². The van der Waals surface area contributed by atoms with E-state index in [1.54, 1.807) is 94.1 Å². The van der Waals surface area contributed by atoms with Crippen molar-refractivity contribution in [3.05, 3.63) is 96.4 Å². The van der Waals surface area contributed by atoms with Crippen LogP contribution in [-0.4, -0.2) is 68.1 Å². The lowest BCUT2D eigenvalue weighted by atomic mass is 10.2. The van der Waals surface area contributed by atoms with Gasteiger partial charge in [-0.05, 0) is 69.3 Å². The Hall–Kier alpha value is -6.96. The van der Waals surface area contributed by atoms with Gasteiger partial charge in [0.2, 0.25) is 0 Å². The van der Waals surface area contributed by atoms with Gasteiger partial charge >= 0.3 is 11.9 Å². The number of carbonyl (C=O) groups excluding carboxylic acids is 2. The van der Waals surface area contributed by atoms with Crippen molar-refractivity contribution in [2.24, 2.45) is 5.73 Å². The third kappa shape index (κ3) is 9.35. The number of nitrogens with zero attached hydrogens (tertiary/aromatic N) is 9. The lowest BCUT2D eigenvalue weighted by Gasteiger charge is -2.19. The summed E-state index contributed by atoms with van der Waals surface area (Å²) < 4.78 is 19.3. The first-order valence-electron chi connectivity index (χ1n) is 15.3. The normalized spacial score (nSPS) is 10.9.